The van der Waals surface area contributed by atoms with Gasteiger partial charge in [0.25, 0.3) is 10.0 Å². The zero-order valence-electron chi connectivity index (χ0n) is 15.8. The molecule has 1 aromatic heterocycles. The molecule has 0 spiro atoms. The number of nitrogens with one attached hydrogen (secondary N) is 1. The van der Waals surface area contributed by atoms with E-state index in [9.17, 15) is 13.2 Å². The lowest BCUT2D eigenvalue weighted by Gasteiger charge is -2.33. The number of carbonyl (C=O) groups is 1. The van der Waals surface area contributed by atoms with Gasteiger partial charge in [-0.05, 0) is 50.5 Å². The van der Waals surface area contributed by atoms with Crippen LogP contribution in [0.4, 0.5) is 0 Å². The van der Waals surface area contributed by atoms with E-state index in [4.69, 9.17) is 4.74 Å². The van der Waals surface area contributed by atoms with E-state index in [0.717, 1.165) is 19.3 Å². The van der Waals surface area contributed by atoms with E-state index in [1.807, 2.05) is 20.8 Å². The molecule has 1 saturated heterocycles. The van der Waals surface area contributed by atoms with Crippen LogP contribution in [0.25, 0.3) is 0 Å². The van der Waals surface area contributed by atoms with Crippen LogP contribution >= 0.6 is 11.3 Å². The summed E-state index contributed by atoms with van der Waals surface area (Å²) >= 11 is 1.25. The first kappa shape index (κ1) is 21.3. The van der Waals surface area contributed by atoms with Crippen LogP contribution < -0.4 is 5.32 Å². The zero-order chi connectivity index (χ0) is 19.2. The molecule has 0 aromatic carbocycles. The van der Waals surface area contributed by atoms with Gasteiger partial charge in [0.2, 0.25) is 5.91 Å². The summed E-state index contributed by atoms with van der Waals surface area (Å²) in [7, 11) is -3.38. The van der Waals surface area contributed by atoms with Crippen molar-refractivity contribution >= 4 is 27.3 Å². The van der Waals surface area contributed by atoms with Crippen LogP contribution in [0.15, 0.2) is 21.7 Å². The topological polar surface area (TPSA) is 75.7 Å². The van der Waals surface area contributed by atoms with Gasteiger partial charge in [0, 0.05) is 32.2 Å². The van der Waals surface area contributed by atoms with E-state index in [2.05, 4.69) is 5.32 Å². The highest BCUT2D eigenvalue weighted by molar-refractivity contribution is 7.91. The van der Waals surface area contributed by atoms with E-state index >= 15 is 0 Å². The number of hydrogen-bond acceptors (Lipinski definition) is 5. The minimum Gasteiger partial charge on any atom is -0.379 e. The summed E-state index contributed by atoms with van der Waals surface area (Å²) in [5, 5.41) is 4.74. The highest BCUT2D eigenvalue weighted by Crippen LogP contribution is 2.29. The molecule has 1 N–H and O–H groups in total. The molecule has 1 aliphatic rings. The first-order valence-electron chi connectivity index (χ1n) is 9.25. The summed E-state index contributed by atoms with van der Waals surface area (Å²) in [6, 6.07) is 3.40. The Morgan fingerprint density at radius 1 is 1.35 bits per heavy atom. The Hall–Kier alpha value is -0.960. The van der Waals surface area contributed by atoms with Crippen molar-refractivity contribution in [1.82, 2.24) is 9.62 Å². The van der Waals surface area contributed by atoms with Gasteiger partial charge in [0.1, 0.15) is 4.21 Å². The number of ether oxygens (including phenoxy) is 1. The summed E-state index contributed by atoms with van der Waals surface area (Å²) in [5.74, 6) is 0.165. The number of piperidine rings is 1. The third-order valence-corrected chi connectivity index (χ3v) is 8.05. The van der Waals surface area contributed by atoms with Crippen molar-refractivity contribution in [3.63, 3.8) is 0 Å². The third kappa shape index (κ3) is 5.77. The van der Waals surface area contributed by atoms with Gasteiger partial charge in [-0.15, -0.1) is 11.3 Å². The Kier molecular flexibility index (Phi) is 8.06. The number of carbonyl (C=O) groups excluding carboxylic acids is 1. The number of nitrogens with zero attached hydrogens (tertiary/aromatic N) is 1. The van der Waals surface area contributed by atoms with Crippen LogP contribution in [-0.2, 0) is 19.6 Å². The largest absolute Gasteiger partial charge is 0.379 e. The van der Waals surface area contributed by atoms with Gasteiger partial charge in [0.05, 0.1) is 6.10 Å². The van der Waals surface area contributed by atoms with Crippen molar-refractivity contribution in [2.45, 2.75) is 50.3 Å². The molecular formula is C18H30N2O4S2. The lowest BCUT2D eigenvalue weighted by atomic mass is 9.85. The summed E-state index contributed by atoms with van der Waals surface area (Å²) in [5.41, 5.74) is 0. The van der Waals surface area contributed by atoms with Crippen LogP contribution in [0, 0.1) is 11.8 Å². The molecular weight excluding hydrogens is 372 g/mol. The van der Waals surface area contributed by atoms with E-state index in [1.54, 1.807) is 21.8 Å². The summed E-state index contributed by atoms with van der Waals surface area (Å²) < 4.78 is 32.5. The second-order valence-electron chi connectivity index (χ2n) is 7.03. The molecule has 0 aliphatic carbocycles. The lowest BCUT2D eigenvalue weighted by Crippen LogP contribution is -2.42. The quantitative estimate of drug-likeness (QED) is 0.645. The maximum atomic E-state index is 12.6. The molecule has 2 heterocycles. The van der Waals surface area contributed by atoms with Gasteiger partial charge in [-0.1, -0.05) is 13.0 Å². The predicted octanol–water partition coefficient (Wildman–Crippen LogP) is 2.72. The summed E-state index contributed by atoms with van der Waals surface area (Å²) in [6.45, 7) is 8.13. The fourth-order valence-corrected chi connectivity index (χ4v) is 5.75. The fraction of sp³-hybridized carbons (Fsp3) is 0.722. The number of amides is 1. The first-order valence-corrected chi connectivity index (χ1v) is 11.6. The van der Waals surface area contributed by atoms with Crippen molar-refractivity contribution in [2.75, 3.05) is 26.2 Å². The van der Waals surface area contributed by atoms with Crippen LogP contribution in [-0.4, -0.2) is 51.0 Å². The van der Waals surface area contributed by atoms with Gasteiger partial charge < -0.3 is 10.1 Å². The van der Waals surface area contributed by atoms with Gasteiger partial charge in [0.15, 0.2) is 0 Å². The van der Waals surface area contributed by atoms with Gasteiger partial charge in [-0.25, -0.2) is 8.42 Å². The normalized spacial score (nSPS) is 18.2. The number of thiophene rings is 1. The molecule has 26 heavy (non-hydrogen) atoms. The van der Waals surface area contributed by atoms with Crippen LogP contribution in [0.1, 0.15) is 40.0 Å². The van der Waals surface area contributed by atoms with Crippen molar-refractivity contribution in [3.8, 4) is 0 Å². The Labute approximate surface area is 161 Å². The molecule has 1 aromatic rings. The highest BCUT2D eigenvalue weighted by Gasteiger charge is 2.33. The second-order valence-corrected chi connectivity index (χ2v) is 10.1. The standard InChI is InChI=1S/C18H30N2O4S2/c1-14(2)24-12-5-9-19-18(21)15(3)16-7-10-20(11-8-16)26(22,23)17-6-4-13-25-17/h4,6,13-16H,5,7-12H2,1-3H3,(H,19,21). The molecule has 1 amide bonds. The maximum absolute atomic E-state index is 12.6. The Morgan fingerprint density at radius 2 is 2.04 bits per heavy atom. The molecule has 0 saturated carbocycles. The molecule has 0 radical (unpaired) electrons. The number of sulfonamides is 1. The Morgan fingerprint density at radius 3 is 2.62 bits per heavy atom. The molecule has 1 fully saturated rings. The third-order valence-electron chi connectivity index (χ3n) is 4.78. The predicted molar refractivity (Wildman–Crippen MR) is 104 cm³/mol. The molecule has 8 heteroatoms. The van der Waals surface area contributed by atoms with Crippen molar-refractivity contribution < 1.29 is 17.9 Å². The molecule has 2 rings (SSSR count). The van der Waals surface area contributed by atoms with Crippen molar-refractivity contribution in [2.24, 2.45) is 11.8 Å². The molecule has 148 valence electrons. The Bertz CT molecular complexity index is 651. The highest BCUT2D eigenvalue weighted by atomic mass is 32.2. The van der Waals surface area contributed by atoms with Crippen molar-refractivity contribution in [1.29, 1.82) is 0 Å². The zero-order valence-corrected chi connectivity index (χ0v) is 17.4. The molecule has 1 atom stereocenters. The SMILES string of the molecule is CC(C)OCCCNC(=O)C(C)C1CCN(S(=O)(=O)c2cccs2)CC1. The van der Waals surface area contributed by atoms with E-state index < -0.39 is 10.0 Å². The first-order chi connectivity index (χ1) is 12.3. The molecule has 0 bridgehead atoms. The average Bonchev–Trinajstić information content (AvgIpc) is 3.16. The number of hydrogen-bond donors (Lipinski definition) is 1. The Balaban J connectivity index is 1.75. The molecule has 6 nitrogen and oxygen atoms in total. The summed E-state index contributed by atoms with van der Waals surface area (Å²) in [6.07, 6.45) is 2.44. The maximum Gasteiger partial charge on any atom is 0.252 e. The van der Waals surface area contributed by atoms with E-state index in [1.165, 1.54) is 11.3 Å². The van der Waals surface area contributed by atoms with Crippen LogP contribution in [0.3, 0.4) is 0 Å². The lowest BCUT2D eigenvalue weighted by molar-refractivity contribution is -0.126. The minimum atomic E-state index is -3.38. The average molecular weight is 403 g/mol. The van der Waals surface area contributed by atoms with Crippen LogP contribution in [0.2, 0.25) is 0 Å². The van der Waals surface area contributed by atoms with Gasteiger partial charge in [-0.2, -0.15) is 4.31 Å². The van der Waals surface area contributed by atoms with Gasteiger partial charge >= 0.3 is 0 Å². The fourth-order valence-electron chi connectivity index (χ4n) is 3.13. The minimum absolute atomic E-state index is 0.0501. The van der Waals surface area contributed by atoms with Gasteiger partial charge in [-0.3, -0.25) is 4.79 Å². The monoisotopic (exact) mass is 402 g/mol. The van der Waals surface area contributed by atoms with Crippen LogP contribution in [0.5, 0.6) is 0 Å². The van der Waals surface area contributed by atoms with Crippen molar-refractivity contribution in [3.05, 3.63) is 17.5 Å². The summed E-state index contributed by atoms with van der Waals surface area (Å²) in [4.78, 5) is 12.3. The molecule has 1 aliphatic heterocycles. The number of rotatable bonds is 9. The smallest absolute Gasteiger partial charge is 0.252 e. The second kappa shape index (κ2) is 9.82. The van der Waals surface area contributed by atoms with E-state index in [0.29, 0.717) is 30.5 Å². The molecule has 1 unspecified atom stereocenters. The van der Waals surface area contributed by atoms with E-state index in [-0.39, 0.29) is 23.8 Å².